The smallest absolute Gasteiger partial charge is 0.255 e. The summed E-state index contributed by atoms with van der Waals surface area (Å²) in [4.78, 5) is 14.9. The van der Waals surface area contributed by atoms with Gasteiger partial charge in [0.15, 0.2) is 0 Å². The van der Waals surface area contributed by atoms with Gasteiger partial charge in [0.25, 0.3) is 5.91 Å². The lowest BCUT2D eigenvalue weighted by molar-refractivity contribution is -0.0228. The van der Waals surface area contributed by atoms with Crippen molar-refractivity contribution in [1.29, 1.82) is 0 Å². The number of halogens is 1. The molecule has 0 spiro atoms. The van der Waals surface area contributed by atoms with Crippen LogP contribution in [-0.2, 0) is 14.8 Å². The number of hydrogen-bond donors (Lipinski definition) is 0. The maximum absolute atomic E-state index is 13.2. The van der Waals surface area contributed by atoms with Crippen LogP contribution in [0.2, 0.25) is 5.02 Å². The molecule has 1 heterocycles. The molecule has 1 fully saturated rings. The topological polar surface area (TPSA) is 66.9 Å². The van der Waals surface area contributed by atoms with E-state index in [4.69, 9.17) is 16.3 Å². The first kappa shape index (κ1) is 21.8. The van der Waals surface area contributed by atoms with Crippen LogP contribution in [0.5, 0.6) is 0 Å². The van der Waals surface area contributed by atoms with Crippen molar-refractivity contribution in [2.75, 3.05) is 32.8 Å². The molecule has 1 saturated heterocycles. The Labute approximate surface area is 177 Å². The molecule has 1 aliphatic rings. The van der Waals surface area contributed by atoms with Gasteiger partial charge in [-0.05, 0) is 23.8 Å². The Morgan fingerprint density at radius 3 is 2.52 bits per heavy atom. The first-order valence-corrected chi connectivity index (χ1v) is 11.5. The highest BCUT2D eigenvalue weighted by molar-refractivity contribution is 7.89. The van der Waals surface area contributed by atoms with Gasteiger partial charge in [-0.2, -0.15) is 4.31 Å². The molecule has 0 radical (unpaired) electrons. The predicted molar refractivity (Wildman–Crippen MR) is 113 cm³/mol. The van der Waals surface area contributed by atoms with Gasteiger partial charge in [0.1, 0.15) is 6.10 Å². The summed E-state index contributed by atoms with van der Waals surface area (Å²) in [6.07, 6.45) is -0.227. The maximum atomic E-state index is 13.2. The van der Waals surface area contributed by atoms with Gasteiger partial charge in [-0.25, -0.2) is 8.42 Å². The van der Waals surface area contributed by atoms with Crippen molar-refractivity contribution in [3.05, 3.63) is 64.7 Å². The molecule has 2 aromatic carbocycles. The van der Waals surface area contributed by atoms with E-state index in [0.717, 1.165) is 5.56 Å². The van der Waals surface area contributed by atoms with E-state index in [1.54, 1.807) is 18.7 Å². The van der Waals surface area contributed by atoms with Crippen molar-refractivity contribution in [3.8, 4) is 0 Å². The average molecular weight is 437 g/mol. The van der Waals surface area contributed by atoms with Crippen molar-refractivity contribution >= 4 is 27.5 Å². The lowest BCUT2D eigenvalue weighted by Gasteiger charge is -2.33. The van der Waals surface area contributed by atoms with Gasteiger partial charge in [0.2, 0.25) is 10.0 Å². The third-order valence-corrected chi connectivity index (χ3v) is 7.41. The molecular formula is C21H25ClN2O4S. The number of morpholine rings is 1. The van der Waals surface area contributed by atoms with Crippen LogP contribution in [0.15, 0.2) is 53.4 Å². The molecule has 3 rings (SSSR count). The number of ether oxygens (including phenoxy) is 1. The Hall–Kier alpha value is -1.93. The number of benzene rings is 2. The molecular weight excluding hydrogens is 412 g/mol. The normalized spacial score (nSPS) is 17.5. The summed E-state index contributed by atoms with van der Waals surface area (Å²) in [6, 6.07) is 14.0. The Bertz CT molecular complexity index is 962. The fourth-order valence-electron chi connectivity index (χ4n) is 3.41. The minimum absolute atomic E-state index is 0.0711. The van der Waals surface area contributed by atoms with E-state index in [2.05, 4.69) is 0 Å². The monoisotopic (exact) mass is 436 g/mol. The Balaban J connectivity index is 1.87. The first-order valence-electron chi connectivity index (χ1n) is 9.64. The lowest BCUT2D eigenvalue weighted by atomic mass is 10.1. The SMILES string of the molecule is CCN(CC)S(=O)(=O)c1ccc(Cl)c(C(=O)N2CCOC(c3ccccc3)C2)c1. The largest absolute Gasteiger partial charge is 0.370 e. The molecule has 1 aliphatic heterocycles. The van der Waals surface area contributed by atoms with Crippen molar-refractivity contribution < 1.29 is 17.9 Å². The molecule has 0 saturated carbocycles. The van der Waals surface area contributed by atoms with Gasteiger partial charge in [-0.3, -0.25) is 4.79 Å². The van der Waals surface area contributed by atoms with Gasteiger partial charge in [0.05, 0.1) is 28.6 Å². The minimum atomic E-state index is -3.68. The molecule has 2 aromatic rings. The van der Waals surface area contributed by atoms with Crippen LogP contribution in [0.1, 0.15) is 35.9 Å². The average Bonchev–Trinajstić information content (AvgIpc) is 2.75. The summed E-state index contributed by atoms with van der Waals surface area (Å²) in [7, 11) is -3.68. The second-order valence-electron chi connectivity index (χ2n) is 6.75. The predicted octanol–water partition coefficient (Wildman–Crippen LogP) is 3.58. The third-order valence-electron chi connectivity index (χ3n) is 5.04. The first-order chi connectivity index (χ1) is 13.9. The van der Waals surface area contributed by atoms with Crippen LogP contribution in [0, 0.1) is 0 Å². The number of rotatable bonds is 6. The molecule has 29 heavy (non-hydrogen) atoms. The van der Waals surface area contributed by atoms with E-state index in [1.807, 2.05) is 30.3 Å². The maximum Gasteiger partial charge on any atom is 0.255 e. The van der Waals surface area contributed by atoms with Crippen LogP contribution in [0.25, 0.3) is 0 Å². The van der Waals surface area contributed by atoms with E-state index in [9.17, 15) is 13.2 Å². The molecule has 8 heteroatoms. The molecule has 1 unspecified atom stereocenters. The zero-order chi connectivity index (χ0) is 21.0. The summed E-state index contributed by atoms with van der Waals surface area (Å²) >= 11 is 6.27. The fourth-order valence-corrected chi connectivity index (χ4v) is 5.10. The van der Waals surface area contributed by atoms with Crippen molar-refractivity contribution in [2.45, 2.75) is 24.8 Å². The molecule has 156 valence electrons. The van der Waals surface area contributed by atoms with E-state index >= 15 is 0 Å². The van der Waals surface area contributed by atoms with Gasteiger partial charge in [-0.15, -0.1) is 0 Å². The second-order valence-corrected chi connectivity index (χ2v) is 9.10. The molecule has 0 N–H and O–H groups in total. The highest BCUT2D eigenvalue weighted by atomic mass is 35.5. The van der Waals surface area contributed by atoms with Crippen LogP contribution in [0.4, 0.5) is 0 Å². The number of amides is 1. The summed E-state index contributed by atoms with van der Waals surface area (Å²) in [5, 5.41) is 0.233. The molecule has 0 aromatic heterocycles. The van der Waals surface area contributed by atoms with Crippen LogP contribution >= 0.6 is 11.6 Å². The Morgan fingerprint density at radius 1 is 1.17 bits per heavy atom. The molecule has 1 amide bonds. The van der Waals surface area contributed by atoms with E-state index in [-0.39, 0.29) is 27.5 Å². The van der Waals surface area contributed by atoms with E-state index < -0.39 is 10.0 Å². The van der Waals surface area contributed by atoms with Gasteiger partial charge < -0.3 is 9.64 Å². The number of carbonyl (C=O) groups is 1. The van der Waals surface area contributed by atoms with Crippen molar-refractivity contribution in [1.82, 2.24) is 9.21 Å². The molecule has 0 bridgehead atoms. The van der Waals surface area contributed by atoms with E-state index in [1.165, 1.54) is 22.5 Å². The Morgan fingerprint density at radius 2 is 1.86 bits per heavy atom. The van der Waals surface area contributed by atoms with E-state index in [0.29, 0.717) is 32.8 Å². The van der Waals surface area contributed by atoms with Crippen LogP contribution in [-0.4, -0.2) is 56.3 Å². The summed E-state index contributed by atoms with van der Waals surface area (Å²) in [5.41, 5.74) is 1.18. The van der Waals surface area contributed by atoms with Gasteiger partial charge >= 0.3 is 0 Å². The molecule has 0 aliphatic carbocycles. The van der Waals surface area contributed by atoms with Crippen LogP contribution in [0.3, 0.4) is 0 Å². The van der Waals surface area contributed by atoms with Crippen molar-refractivity contribution in [3.63, 3.8) is 0 Å². The fraction of sp³-hybridized carbons (Fsp3) is 0.381. The van der Waals surface area contributed by atoms with Crippen molar-refractivity contribution in [2.24, 2.45) is 0 Å². The second kappa shape index (κ2) is 9.26. The summed E-state index contributed by atoms with van der Waals surface area (Å²) < 4.78 is 32.8. The zero-order valence-corrected chi connectivity index (χ0v) is 18.1. The third kappa shape index (κ3) is 4.64. The number of hydrogen-bond acceptors (Lipinski definition) is 4. The number of nitrogens with zero attached hydrogens (tertiary/aromatic N) is 2. The highest BCUT2D eigenvalue weighted by Gasteiger charge is 2.29. The summed E-state index contributed by atoms with van der Waals surface area (Å²) in [5.74, 6) is -0.296. The highest BCUT2D eigenvalue weighted by Crippen LogP contribution is 2.27. The van der Waals surface area contributed by atoms with Gasteiger partial charge in [-0.1, -0.05) is 55.8 Å². The molecule has 1 atom stereocenters. The standard InChI is InChI=1S/C21H25ClN2O4S/c1-3-24(4-2)29(26,27)17-10-11-19(22)18(14-17)21(25)23-12-13-28-20(15-23)16-8-6-5-7-9-16/h5-11,14,20H,3-4,12-13,15H2,1-2H3. The molecule has 6 nitrogen and oxygen atoms in total. The van der Waals surface area contributed by atoms with Gasteiger partial charge in [0, 0.05) is 19.6 Å². The summed E-state index contributed by atoms with van der Waals surface area (Å²) in [6.45, 7) is 5.47. The Kier molecular flexibility index (Phi) is 6.95. The lowest BCUT2D eigenvalue weighted by Crippen LogP contribution is -2.42. The zero-order valence-electron chi connectivity index (χ0n) is 16.5. The number of carbonyl (C=O) groups excluding carboxylic acids is 1. The quantitative estimate of drug-likeness (QED) is 0.694. The number of sulfonamides is 1. The minimum Gasteiger partial charge on any atom is -0.370 e. The van der Waals surface area contributed by atoms with Crippen LogP contribution < -0.4 is 0 Å².